The van der Waals surface area contributed by atoms with Crippen molar-refractivity contribution in [2.75, 3.05) is 12.0 Å². The summed E-state index contributed by atoms with van der Waals surface area (Å²) in [6.07, 6.45) is 3.53. The fourth-order valence-corrected chi connectivity index (χ4v) is 5.99. The van der Waals surface area contributed by atoms with Crippen LogP contribution in [0.1, 0.15) is 37.9 Å². The van der Waals surface area contributed by atoms with Gasteiger partial charge in [0.05, 0.1) is 41.2 Å². The molecular weight excluding hydrogens is 502 g/mol. The SMILES string of the molecule is COC(=O)c1ccccc1N1C(=O)[C@@H]2[C@H](C1=O)[C@H]1c3ccccc3C=CN1[C@@H]2C(=O)c1cccc([N+](=O)[O-])c1. The van der Waals surface area contributed by atoms with Gasteiger partial charge in [0.15, 0.2) is 5.78 Å². The number of fused-ring (bicyclic) bond motifs is 5. The number of esters is 1. The highest BCUT2D eigenvalue weighted by Crippen LogP contribution is 2.54. The van der Waals surface area contributed by atoms with Gasteiger partial charge in [-0.05, 0) is 29.3 Å². The second-order valence-electron chi connectivity index (χ2n) is 9.53. The lowest BCUT2D eigenvalue weighted by Gasteiger charge is -2.35. The van der Waals surface area contributed by atoms with Crippen molar-refractivity contribution < 1.29 is 28.8 Å². The summed E-state index contributed by atoms with van der Waals surface area (Å²) in [6.45, 7) is 0. The summed E-state index contributed by atoms with van der Waals surface area (Å²) in [5, 5.41) is 11.4. The Kier molecular flexibility index (Phi) is 5.60. The number of hydrogen-bond donors (Lipinski definition) is 0. The van der Waals surface area contributed by atoms with E-state index < -0.39 is 52.4 Å². The smallest absolute Gasteiger partial charge is 0.339 e. The first-order chi connectivity index (χ1) is 18.8. The molecule has 4 atom stereocenters. The largest absolute Gasteiger partial charge is 0.465 e. The first kappa shape index (κ1) is 24.2. The second-order valence-corrected chi connectivity index (χ2v) is 9.53. The zero-order valence-corrected chi connectivity index (χ0v) is 20.6. The van der Waals surface area contributed by atoms with Crippen LogP contribution >= 0.6 is 0 Å². The molecule has 194 valence electrons. The van der Waals surface area contributed by atoms with Crippen LogP contribution in [0.5, 0.6) is 0 Å². The minimum atomic E-state index is -1.10. The van der Waals surface area contributed by atoms with Crippen LogP contribution in [-0.4, -0.2) is 46.5 Å². The van der Waals surface area contributed by atoms with Crippen LogP contribution in [0.25, 0.3) is 6.08 Å². The van der Waals surface area contributed by atoms with Crippen molar-refractivity contribution in [3.05, 3.63) is 111 Å². The number of hydrogen-bond acceptors (Lipinski definition) is 8. The van der Waals surface area contributed by atoms with Crippen molar-refractivity contribution in [3.8, 4) is 0 Å². The summed E-state index contributed by atoms with van der Waals surface area (Å²) >= 11 is 0. The number of non-ortho nitro benzene ring substituents is 1. The maximum atomic E-state index is 14.1. The van der Waals surface area contributed by atoms with Crippen LogP contribution in [0.15, 0.2) is 79.0 Å². The first-order valence-electron chi connectivity index (χ1n) is 12.2. The number of methoxy groups -OCH3 is 1. The van der Waals surface area contributed by atoms with Crippen molar-refractivity contribution in [2.45, 2.75) is 12.1 Å². The highest BCUT2D eigenvalue weighted by Gasteiger charge is 2.64. The number of nitrogens with zero attached hydrogens (tertiary/aromatic N) is 3. The highest BCUT2D eigenvalue weighted by atomic mass is 16.6. The van der Waals surface area contributed by atoms with Crippen LogP contribution < -0.4 is 4.90 Å². The van der Waals surface area contributed by atoms with E-state index in [1.54, 1.807) is 23.2 Å². The van der Waals surface area contributed by atoms with E-state index in [9.17, 15) is 29.3 Å². The predicted molar refractivity (Wildman–Crippen MR) is 139 cm³/mol. The third-order valence-electron chi connectivity index (χ3n) is 7.62. The number of ketones is 1. The molecule has 2 saturated heterocycles. The molecule has 10 heteroatoms. The topological polar surface area (TPSA) is 127 Å². The lowest BCUT2D eigenvalue weighted by atomic mass is 9.83. The van der Waals surface area contributed by atoms with Gasteiger partial charge in [-0.2, -0.15) is 0 Å². The maximum absolute atomic E-state index is 14.1. The van der Waals surface area contributed by atoms with E-state index in [1.165, 1.54) is 43.5 Å². The molecule has 10 nitrogen and oxygen atoms in total. The molecule has 3 aliphatic rings. The molecular formula is C29H21N3O7. The standard InChI is InChI=1S/C29H21N3O7/c1-39-29(36)20-11-4-5-12-21(20)31-27(34)22-23(28(31)35)25(26(33)17-8-6-9-18(15-17)32(37)38)30-14-13-16-7-2-3-10-19(16)24(22)30/h2-15,22-25H,1H3/t22-,23+,24+,25-/m0/s1. The molecule has 3 aliphatic heterocycles. The Labute approximate surface area is 222 Å². The van der Waals surface area contributed by atoms with Gasteiger partial charge >= 0.3 is 5.97 Å². The quantitative estimate of drug-likeness (QED) is 0.163. The molecule has 0 saturated carbocycles. The molecule has 3 aromatic rings. The Hall–Kier alpha value is -5.12. The molecule has 0 unspecified atom stereocenters. The Morgan fingerprint density at radius 2 is 1.64 bits per heavy atom. The average molecular weight is 524 g/mol. The Bertz CT molecular complexity index is 1610. The molecule has 0 spiro atoms. The predicted octanol–water partition coefficient (Wildman–Crippen LogP) is 3.78. The molecule has 0 radical (unpaired) electrons. The summed E-state index contributed by atoms with van der Waals surface area (Å²) in [4.78, 5) is 68.1. The van der Waals surface area contributed by atoms with E-state index in [0.29, 0.717) is 0 Å². The molecule has 39 heavy (non-hydrogen) atoms. The number of amides is 2. The van der Waals surface area contributed by atoms with Gasteiger partial charge in [-0.15, -0.1) is 0 Å². The van der Waals surface area contributed by atoms with Gasteiger partial charge in [-0.25, -0.2) is 9.69 Å². The van der Waals surface area contributed by atoms with Crippen LogP contribution in [0.3, 0.4) is 0 Å². The third kappa shape index (κ3) is 3.56. The molecule has 0 aliphatic carbocycles. The van der Waals surface area contributed by atoms with Gasteiger partial charge in [0.1, 0.15) is 6.04 Å². The number of anilines is 1. The van der Waals surface area contributed by atoms with Gasteiger partial charge in [0.2, 0.25) is 11.8 Å². The first-order valence-corrected chi connectivity index (χ1v) is 12.2. The average Bonchev–Trinajstić information content (AvgIpc) is 3.44. The summed E-state index contributed by atoms with van der Waals surface area (Å²) in [5.41, 5.74) is 1.58. The number of rotatable bonds is 5. The monoisotopic (exact) mass is 523 g/mol. The zero-order valence-electron chi connectivity index (χ0n) is 20.6. The van der Waals surface area contributed by atoms with E-state index in [0.717, 1.165) is 16.0 Å². The normalized spacial score (nSPS) is 22.8. The fraction of sp³-hybridized carbons (Fsp3) is 0.172. The number of ether oxygens (including phenoxy) is 1. The Morgan fingerprint density at radius 1 is 0.923 bits per heavy atom. The van der Waals surface area contributed by atoms with Crippen molar-refractivity contribution >= 4 is 41.0 Å². The summed E-state index contributed by atoms with van der Waals surface area (Å²) in [5.74, 6) is -4.39. The van der Waals surface area contributed by atoms with E-state index in [-0.39, 0.29) is 22.5 Å². The number of Topliss-reactive ketones (excluding diaryl/α,β-unsaturated/α-hetero) is 1. The fourth-order valence-electron chi connectivity index (χ4n) is 5.99. The van der Waals surface area contributed by atoms with Crippen LogP contribution in [0.4, 0.5) is 11.4 Å². The van der Waals surface area contributed by atoms with Crippen LogP contribution in [-0.2, 0) is 14.3 Å². The Morgan fingerprint density at radius 3 is 2.41 bits per heavy atom. The number of para-hydroxylation sites is 1. The van der Waals surface area contributed by atoms with Crippen molar-refractivity contribution in [1.82, 2.24) is 4.90 Å². The van der Waals surface area contributed by atoms with Crippen molar-refractivity contribution in [2.24, 2.45) is 11.8 Å². The Balaban J connectivity index is 1.51. The number of nitro groups is 1. The third-order valence-corrected chi connectivity index (χ3v) is 7.62. The molecule has 2 fully saturated rings. The van der Waals surface area contributed by atoms with Crippen molar-refractivity contribution in [3.63, 3.8) is 0 Å². The number of benzene rings is 3. The minimum absolute atomic E-state index is 0.0454. The molecule has 3 aromatic carbocycles. The minimum Gasteiger partial charge on any atom is -0.465 e. The molecule has 0 bridgehead atoms. The van der Waals surface area contributed by atoms with Gasteiger partial charge in [0, 0.05) is 23.9 Å². The van der Waals surface area contributed by atoms with Gasteiger partial charge in [0.25, 0.3) is 5.69 Å². The number of carbonyl (C=O) groups is 4. The number of carbonyl (C=O) groups excluding carboxylic acids is 4. The summed E-state index contributed by atoms with van der Waals surface area (Å²) in [7, 11) is 1.21. The second kappa shape index (κ2) is 9.02. The molecule has 3 heterocycles. The summed E-state index contributed by atoms with van der Waals surface area (Å²) < 4.78 is 4.87. The number of nitro benzene ring substituents is 1. The van der Waals surface area contributed by atoms with E-state index in [2.05, 4.69) is 0 Å². The molecule has 0 N–H and O–H groups in total. The van der Waals surface area contributed by atoms with Gasteiger partial charge in [-0.1, -0.05) is 48.5 Å². The zero-order chi connectivity index (χ0) is 27.4. The van der Waals surface area contributed by atoms with E-state index in [1.807, 2.05) is 30.3 Å². The molecule has 0 aromatic heterocycles. The summed E-state index contributed by atoms with van der Waals surface area (Å²) in [6, 6.07) is 17.2. The van der Waals surface area contributed by atoms with E-state index >= 15 is 0 Å². The van der Waals surface area contributed by atoms with Gasteiger partial charge in [-0.3, -0.25) is 24.5 Å². The molecule has 2 amide bonds. The lowest BCUT2D eigenvalue weighted by molar-refractivity contribution is -0.384. The lowest BCUT2D eigenvalue weighted by Crippen LogP contribution is -2.44. The highest BCUT2D eigenvalue weighted by molar-refractivity contribution is 6.26. The van der Waals surface area contributed by atoms with Crippen LogP contribution in [0, 0.1) is 22.0 Å². The van der Waals surface area contributed by atoms with E-state index in [4.69, 9.17) is 4.74 Å². The molecule has 6 rings (SSSR count). The number of imide groups is 1. The maximum Gasteiger partial charge on any atom is 0.339 e. The van der Waals surface area contributed by atoms with Crippen molar-refractivity contribution in [1.29, 1.82) is 0 Å². The van der Waals surface area contributed by atoms with Gasteiger partial charge < -0.3 is 9.64 Å². The van der Waals surface area contributed by atoms with Crippen LogP contribution in [0.2, 0.25) is 0 Å².